The van der Waals surface area contributed by atoms with Gasteiger partial charge >= 0.3 is 6.18 Å². The highest BCUT2D eigenvalue weighted by molar-refractivity contribution is 9.10. The predicted molar refractivity (Wildman–Crippen MR) is 104 cm³/mol. The van der Waals surface area contributed by atoms with Crippen LogP contribution in [0.3, 0.4) is 0 Å². The number of hydrogen-bond acceptors (Lipinski definition) is 2. The molecule has 27 heavy (non-hydrogen) atoms. The summed E-state index contributed by atoms with van der Waals surface area (Å²) in [6, 6.07) is 16.7. The molecule has 2 aromatic heterocycles. The second-order valence-corrected chi connectivity index (χ2v) is 7.67. The van der Waals surface area contributed by atoms with Crippen LogP contribution in [0.5, 0.6) is 0 Å². The molecule has 0 N–H and O–H groups in total. The fraction of sp³-hybridized carbons (Fsp3) is 0.0526. The van der Waals surface area contributed by atoms with E-state index in [1.807, 2.05) is 12.1 Å². The Balaban J connectivity index is 1.93. The van der Waals surface area contributed by atoms with Crippen molar-refractivity contribution < 1.29 is 13.2 Å². The molecule has 0 saturated carbocycles. The number of alkyl halides is 3. The van der Waals surface area contributed by atoms with Crippen LogP contribution in [0, 0.1) is 0 Å². The summed E-state index contributed by atoms with van der Waals surface area (Å²) in [6.45, 7) is 0. The molecule has 8 heteroatoms. The Hall–Kier alpha value is -2.19. The van der Waals surface area contributed by atoms with Crippen LogP contribution in [0.2, 0.25) is 0 Å². The lowest BCUT2D eigenvalue weighted by molar-refractivity contribution is -0.142. The molecule has 0 unspecified atom stereocenters. The number of halogens is 5. The average Bonchev–Trinajstić information content (AvgIpc) is 3.05. The van der Waals surface area contributed by atoms with Crippen LogP contribution in [0.15, 0.2) is 69.6 Å². The molecule has 0 radical (unpaired) electrons. The molecule has 0 spiro atoms. The zero-order valence-electron chi connectivity index (χ0n) is 13.5. The highest BCUT2D eigenvalue weighted by Gasteiger charge is 2.35. The molecule has 0 aliphatic carbocycles. The van der Waals surface area contributed by atoms with E-state index in [-0.39, 0.29) is 11.3 Å². The van der Waals surface area contributed by atoms with Crippen LogP contribution in [0.25, 0.3) is 28.2 Å². The largest absolute Gasteiger partial charge is 0.433 e. The van der Waals surface area contributed by atoms with E-state index in [1.54, 1.807) is 42.5 Å². The van der Waals surface area contributed by atoms with Gasteiger partial charge in [-0.2, -0.15) is 18.3 Å². The minimum Gasteiger partial charge on any atom is -0.228 e. The van der Waals surface area contributed by atoms with Gasteiger partial charge in [-0.3, -0.25) is 0 Å². The summed E-state index contributed by atoms with van der Waals surface area (Å²) in [4.78, 5) is 4.39. The van der Waals surface area contributed by atoms with Gasteiger partial charge in [0.1, 0.15) is 0 Å². The molecule has 0 amide bonds. The normalized spacial score (nSPS) is 11.9. The molecule has 0 fully saturated rings. The third-order valence-electron chi connectivity index (χ3n) is 4.00. The molecule has 2 heterocycles. The van der Waals surface area contributed by atoms with E-state index in [9.17, 15) is 13.2 Å². The summed E-state index contributed by atoms with van der Waals surface area (Å²) in [5.74, 6) is 0. The maximum absolute atomic E-state index is 13.6. The minimum absolute atomic E-state index is 0.140. The van der Waals surface area contributed by atoms with Crippen molar-refractivity contribution in [1.82, 2.24) is 14.6 Å². The van der Waals surface area contributed by atoms with E-state index in [0.29, 0.717) is 16.8 Å². The number of aromatic nitrogens is 3. The van der Waals surface area contributed by atoms with E-state index >= 15 is 0 Å². The third-order valence-corrected chi connectivity index (χ3v) is 5.05. The molecule has 2 aromatic carbocycles. The lowest BCUT2D eigenvalue weighted by atomic mass is 10.1. The predicted octanol–water partition coefficient (Wildman–Crippen LogP) is 6.61. The van der Waals surface area contributed by atoms with Crippen molar-refractivity contribution in [2.75, 3.05) is 0 Å². The Bertz CT molecular complexity index is 1120. The molecule has 4 aromatic rings. The van der Waals surface area contributed by atoms with Crippen molar-refractivity contribution in [3.8, 4) is 22.5 Å². The van der Waals surface area contributed by atoms with Crippen molar-refractivity contribution in [2.24, 2.45) is 0 Å². The zero-order valence-corrected chi connectivity index (χ0v) is 16.7. The Morgan fingerprint density at radius 3 is 1.78 bits per heavy atom. The monoisotopic (exact) mass is 495 g/mol. The number of fused-ring (bicyclic) bond motifs is 1. The molecule has 3 nitrogen and oxygen atoms in total. The van der Waals surface area contributed by atoms with Crippen LogP contribution < -0.4 is 0 Å². The Morgan fingerprint density at radius 1 is 0.741 bits per heavy atom. The SMILES string of the molecule is FC(F)(F)c1cc(-c2ccc(Br)cc2)nc2cc(-c3ccc(Br)cc3)nn12. The van der Waals surface area contributed by atoms with Gasteiger partial charge in [-0.1, -0.05) is 56.1 Å². The highest BCUT2D eigenvalue weighted by Crippen LogP contribution is 2.33. The molecule has 0 aliphatic rings. The van der Waals surface area contributed by atoms with Crippen molar-refractivity contribution in [2.45, 2.75) is 6.18 Å². The van der Waals surface area contributed by atoms with E-state index in [2.05, 4.69) is 41.9 Å². The summed E-state index contributed by atoms with van der Waals surface area (Å²) in [6.07, 6.45) is -4.56. The van der Waals surface area contributed by atoms with E-state index < -0.39 is 11.9 Å². The number of benzene rings is 2. The first-order valence-corrected chi connectivity index (χ1v) is 9.40. The van der Waals surface area contributed by atoms with Crippen LogP contribution in [0.4, 0.5) is 13.2 Å². The number of rotatable bonds is 2. The van der Waals surface area contributed by atoms with Crippen molar-refractivity contribution >= 4 is 37.5 Å². The molecule has 0 atom stereocenters. The summed E-state index contributed by atoms with van der Waals surface area (Å²) in [5.41, 5.74) is 1.24. The number of hydrogen-bond donors (Lipinski definition) is 0. The molecule has 136 valence electrons. The second-order valence-electron chi connectivity index (χ2n) is 5.84. The van der Waals surface area contributed by atoms with E-state index in [4.69, 9.17) is 0 Å². The summed E-state index contributed by atoms with van der Waals surface area (Å²) in [7, 11) is 0. The first kappa shape index (κ1) is 18.2. The number of nitrogens with zero attached hydrogens (tertiary/aromatic N) is 3. The highest BCUT2D eigenvalue weighted by atomic mass is 79.9. The standard InChI is InChI=1S/C19H10Br2F3N3/c20-13-5-1-11(2-6-13)15-9-17(19(22,23)24)27-18(25-15)10-16(26-27)12-3-7-14(21)8-4-12/h1-10H. The molecule has 0 aliphatic heterocycles. The lowest BCUT2D eigenvalue weighted by Gasteiger charge is -2.11. The van der Waals surface area contributed by atoms with Gasteiger partial charge in [0.2, 0.25) is 0 Å². The molecule has 4 rings (SSSR count). The molecular weight excluding hydrogens is 487 g/mol. The Labute approximate surface area is 169 Å². The Morgan fingerprint density at radius 2 is 1.26 bits per heavy atom. The zero-order chi connectivity index (χ0) is 19.2. The molecule has 0 bridgehead atoms. The molecular formula is C19H10Br2F3N3. The van der Waals surface area contributed by atoms with Crippen LogP contribution >= 0.6 is 31.9 Å². The third kappa shape index (κ3) is 3.64. The van der Waals surface area contributed by atoms with Crippen molar-refractivity contribution in [1.29, 1.82) is 0 Å². The van der Waals surface area contributed by atoms with E-state index in [1.165, 1.54) is 0 Å². The quantitative estimate of drug-likeness (QED) is 0.312. The molecule has 0 saturated heterocycles. The van der Waals surface area contributed by atoms with Crippen molar-refractivity contribution in [3.05, 3.63) is 75.3 Å². The van der Waals surface area contributed by atoms with Gasteiger partial charge < -0.3 is 0 Å². The first-order valence-electron chi connectivity index (χ1n) is 7.81. The van der Waals surface area contributed by atoms with E-state index in [0.717, 1.165) is 19.5 Å². The minimum atomic E-state index is -4.56. The van der Waals surface area contributed by atoms with Gasteiger partial charge in [-0.25, -0.2) is 9.50 Å². The maximum Gasteiger partial charge on any atom is 0.433 e. The average molecular weight is 497 g/mol. The van der Waals surface area contributed by atoms with Gasteiger partial charge in [0, 0.05) is 26.1 Å². The van der Waals surface area contributed by atoms with Crippen LogP contribution in [-0.4, -0.2) is 14.6 Å². The van der Waals surface area contributed by atoms with Gasteiger partial charge in [0.25, 0.3) is 0 Å². The van der Waals surface area contributed by atoms with Gasteiger partial charge in [-0.05, 0) is 30.3 Å². The van der Waals surface area contributed by atoms with Gasteiger partial charge in [0.15, 0.2) is 11.3 Å². The lowest BCUT2D eigenvalue weighted by Crippen LogP contribution is -2.13. The topological polar surface area (TPSA) is 30.2 Å². The smallest absolute Gasteiger partial charge is 0.228 e. The van der Waals surface area contributed by atoms with Gasteiger partial charge in [-0.15, -0.1) is 0 Å². The summed E-state index contributed by atoms with van der Waals surface area (Å²) < 4.78 is 43.5. The summed E-state index contributed by atoms with van der Waals surface area (Å²) in [5, 5.41) is 4.14. The van der Waals surface area contributed by atoms with Gasteiger partial charge in [0.05, 0.1) is 11.4 Å². The first-order chi connectivity index (χ1) is 12.8. The van der Waals surface area contributed by atoms with Crippen molar-refractivity contribution in [3.63, 3.8) is 0 Å². The maximum atomic E-state index is 13.6. The van der Waals surface area contributed by atoms with Crippen LogP contribution in [0.1, 0.15) is 5.69 Å². The second kappa shape index (κ2) is 6.76. The fourth-order valence-electron chi connectivity index (χ4n) is 2.71. The fourth-order valence-corrected chi connectivity index (χ4v) is 3.24. The summed E-state index contributed by atoms with van der Waals surface area (Å²) >= 11 is 6.66. The Kier molecular flexibility index (Phi) is 4.55. The van der Waals surface area contributed by atoms with Crippen LogP contribution in [-0.2, 0) is 6.18 Å².